The third kappa shape index (κ3) is 8.84. The second-order valence-corrected chi connectivity index (χ2v) is 20.0. The SMILES string of the molecule is CC(=O)N1CCc2c(c(N3CCCc4cc(-c5ccc(C(=O)N6CCC(CN7CCN(c8ccc9c(c8)C(=O)N(C8CCC(=O)NC8=O)C9=O)CC7)CC6)nc5)c(C(F)F)cc43)nn2C2CCOCC2)C1. The van der Waals surface area contributed by atoms with E-state index in [0.717, 1.165) is 98.1 Å². The summed E-state index contributed by atoms with van der Waals surface area (Å²) in [5.74, 6) is -1.13. The van der Waals surface area contributed by atoms with Gasteiger partial charge in [0.2, 0.25) is 17.7 Å². The highest BCUT2D eigenvalue weighted by Gasteiger charge is 2.45. The van der Waals surface area contributed by atoms with Gasteiger partial charge in [-0.15, -0.1) is 0 Å². The first-order valence-corrected chi connectivity index (χ1v) is 25.1. The number of aromatic nitrogens is 3. The van der Waals surface area contributed by atoms with Crippen LogP contribution >= 0.6 is 0 Å². The molecule has 4 fully saturated rings. The molecule has 1 unspecified atom stereocenters. The molecule has 11 rings (SSSR count). The Morgan fingerprint density at radius 3 is 2.30 bits per heavy atom. The number of carbonyl (C=O) groups is 6. The molecule has 372 valence electrons. The quantitative estimate of drug-likeness (QED) is 0.215. The van der Waals surface area contributed by atoms with E-state index in [4.69, 9.17) is 9.84 Å². The molecule has 19 heteroatoms. The topological polar surface area (TPSA) is 174 Å². The van der Waals surface area contributed by atoms with Crippen molar-refractivity contribution in [1.29, 1.82) is 0 Å². The van der Waals surface area contributed by atoms with Gasteiger partial charge in [0.1, 0.15) is 11.7 Å². The van der Waals surface area contributed by atoms with Crippen LogP contribution in [0.1, 0.15) is 118 Å². The maximum Gasteiger partial charge on any atom is 0.272 e. The van der Waals surface area contributed by atoms with E-state index in [-0.39, 0.29) is 53.1 Å². The molecule has 71 heavy (non-hydrogen) atoms. The van der Waals surface area contributed by atoms with Crippen molar-refractivity contribution in [1.82, 2.24) is 39.7 Å². The zero-order valence-corrected chi connectivity index (χ0v) is 39.9. The molecule has 6 amide bonds. The minimum Gasteiger partial charge on any atom is -0.381 e. The first-order valence-electron chi connectivity index (χ1n) is 25.1. The monoisotopic (exact) mass is 972 g/mol. The second-order valence-electron chi connectivity index (χ2n) is 20.0. The lowest BCUT2D eigenvalue weighted by Crippen LogP contribution is -2.54. The van der Waals surface area contributed by atoms with E-state index in [1.807, 2.05) is 21.9 Å². The third-order valence-corrected chi connectivity index (χ3v) is 15.8. The largest absolute Gasteiger partial charge is 0.381 e. The molecule has 1 N–H and O–H groups in total. The van der Waals surface area contributed by atoms with Gasteiger partial charge in [-0.3, -0.25) is 53.5 Å². The van der Waals surface area contributed by atoms with Crippen LogP contribution in [0.3, 0.4) is 0 Å². The number of fused-ring (bicyclic) bond motifs is 3. The number of carbonyl (C=O) groups excluding carboxylic acids is 6. The van der Waals surface area contributed by atoms with Gasteiger partial charge in [-0.25, -0.2) is 8.78 Å². The fourth-order valence-electron chi connectivity index (χ4n) is 11.8. The van der Waals surface area contributed by atoms with Crippen molar-refractivity contribution in [3.8, 4) is 11.1 Å². The van der Waals surface area contributed by atoms with E-state index in [2.05, 4.69) is 29.7 Å². The smallest absolute Gasteiger partial charge is 0.272 e. The average molecular weight is 973 g/mol. The highest BCUT2D eigenvalue weighted by molar-refractivity contribution is 6.23. The number of ether oxygens (including phenoxy) is 1. The summed E-state index contributed by atoms with van der Waals surface area (Å²) in [6.45, 7) is 9.69. The van der Waals surface area contributed by atoms with E-state index in [1.165, 1.54) is 6.20 Å². The Bertz CT molecular complexity index is 2800. The molecular weight excluding hydrogens is 915 g/mol. The Kier molecular flexibility index (Phi) is 12.6. The number of aryl methyl sites for hydroxylation is 1. The molecule has 7 aliphatic heterocycles. The van der Waals surface area contributed by atoms with Gasteiger partial charge in [0.05, 0.1) is 23.7 Å². The summed E-state index contributed by atoms with van der Waals surface area (Å²) < 4.78 is 38.0. The number of piperazine rings is 1. The van der Waals surface area contributed by atoms with Crippen molar-refractivity contribution >= 4 is 52.6 Å². The van der Waals surface area contributed by atoms with Crippen LogP contribution in [0.25, 0.3) is 11.1 Å². The Hall–Kier alpha value is -6.60. The van der Waals surface area contributed by atoms with E-state index < -0.39 is 36.1 Å². The summed E-state index contributed by atoms with van der Waals surface area (Å²) in [5, 5.41) is 7.44. The molecule has 17 nitrogen and oxygen atoms in total. The predicted octanol–water partition coefficient (Wildman–Crippen LogP) is 5.30. The van der Waals surface area contributed by atoms with Gasteiger partial charge in [-0.05, 0) is 98.4 Å². The van der Waals surface area contributed by atoms with Gasteiger partial charge in [0.25, 0.3) is 24.1 Å². The number of hydrogen-bond acceptors (Lipinski definition) is 12. The lowest BCUT2D eigenvalue weighted by molar-refractivity contribution is -0.136. The van der Waals surface area contributed by atoms with E-state index >= 15 is 8.78 Å². The normalized spacial score (nSPS) is 21.5. The van der Waals surface area contributed by atoms with Crippen molar-refractivity contribution in [2.45, 2.75) is 89.8 Å². The van der Waals surface area contributed by atoms with Crippen LogP contribution in [0.4, 0.5) is 26.0 Å². The number of piperidine rings is 2. The van der Waals surface area contributed by atoms with Crippen molar-refractivity contribution in [3.05, 3.63) is 87.9 Å². The summed E-state index contributed by atoms with van der Waals surface area (Å²) in [6, 6.07) is 11.2. The summed E-state index contributed by atoms with van der Waals surface area (Å²) in [5.41, 5.74) is 6.17. The molecular formula is C52H58F2N10O7. The number of nitrogens with one attached hydrogen (secondary N) is 1. The maximum atomic E-state index is 15.1. The Labute approximate surface area is 410 Å². The molecule has 0 spiro atoms. The van der Waals surface area contributed by atoms with Crippen LogP contribution in [0.5, 0.6) is 0 Å². The lowest BCUT2D eigenvalue weighted by atomic mass is 9.92. The molecule has 1 atom stereocenters. The minimum absolute atomic E-state index is 0.00341. The molecule has 4 aromatic rings. The van der Waals surface area contributed by atoms with Crippen LogP contribution < -0.4 is 15.1 Å². The van der Waals surface area contributed by atoms with Gasteiger partial charge in [0.15, 0.2) is 5.82 Å². The molecule has 0 aliphatic carbocycles. The van der Waals surface area contributed by atoms with Gasteiger partial charge < -0.3 is 24.3 Å². The summed E-state index contributed by atoms with van der Waals surface area (Å²) >= 11 is 0. The Balaban J connectivity index is 0.711. The first kappa shape index (κ1) is 46.8. The summed E-state index contributed by atoms with van der Waals surface area (Å²) in [6.07, 6.45) is 4.50. The molecule has 0 saturated carbocycles. The summed E-state index contributed by atoms with van der Waals surface area (Å²) in [7, 11) is 0. The number of likely N-dealkylation sites (tertiary alicyclic amines) is 1. The Morgan fingerprint density at radius 1 is 0.803 bits per heavy atom. The van der Waals surface area contributed by atoms with Crippen LogP contribution in [-0.4, -0.2) is 148 Å². The number of anilines is 3. The standard InChI is InChI=1S/C52H58F2N10O7/c1-31(65)61-18-12-43-41(30-61)48(57-64(43)35-13-23-71-24-14-35)62-15-2-3-33-25-38(39(47(53)54)27-45(33)62)34-4-7-42(55-28-34)52(70)60-16-10-32(11-17-60)29-58-19-21-59(22-20-58)36-5-6-37-40(26-36)51(69)63(50(37)68)44-8-9-46(66)56-49(44)67/h4-7,25-28,32,35,44,47H,2-3,8-24,29-30H2,1H3,(H,56,66,67). The van der Waals surface area contributed by atoms with Crippen LogP contribution in [0, 0.1) is 5.92 Å². The number of amides is 6. The van der Waals surface area contributed by atoms with Crippen molar-refractivity contribution in [2.24, 2.45) is 5.92 Å². The average Bonchev–Trinajstić information content (AvgIpc) is 3.89. The number of alkyl halides is 2. The zero-order valence-electron chi connectivity index (χ0n) is 39.9. The maximum absolute atomic E-state index is 15.1. The van der Waals surface area contributed by atoms with Crippen LogP contribution in [0.15, 0.2) is 48.7 Å². The fourth-order valence-corrected chi connectivity index (χ4v) is 11.8. The van der Waals surface area contributed by atoms with Gasteiger partial charge in [-0.1, -0.05) is 6.07 Å². The van der Waals surface area contributed by atoms with Gasteiger partial charge in [0, 0.05) is 132 Å². The van der Waals surface area contributed by atoms with Gasteiger partial charge in [-0.2, -0.15) is 5.10 Å². The summed E-state index contributed by atoms with van der Waals surface area (Å²) in [4.78, 5) is 92.9. The highest BCUT2D eigenvalue weighted by atomic mass is 19.3. The van der Waals surface area contributed by atoms with Crippen molar-refractivity contribution in [3.63, 3.8) is 0 Å². The zero-order chi connectivity index (χ0) is 49.1. The van der Waals surface area contributed by atoms with Gasteiger partial charge >= 0.3 is 0 Å². The number of hydrogen-bond donors (Lipinski definition) is 1. The number of benzene rings is 2. The molecule has 0 bridgehead atoms. The number of pyridine rings is 1. The predicted molar refractivity (Wildman–Crippen MR) is 256 cm³/mol. The molecule has 2 aromatic carbocycles. The number of imide groups is 2. The second kappa shape index (κ2) is 19.2. The molecule has 4 saturated heterocycles. The van der Waals surface area contributed by atoms with Crippen molar-refractivity contribution in [2.75, 3.05) is 81.9 Å². The minimum atomic E-state index is -2.76. The van der Waals surface area contributed by atoms with Crippen molar-refractivity contribution < 1.29 is 42.3 Å². The molecule has 9 heterocycles. The Morgan fingerprint density at radius 2 is 1.58 bits per heavy atom. The van der Waals surface area contributed by atoms with Crippen LogP contribution in [-0.2, 0) is 38.5 Å². The number of rotatable bonds is 9. The number of nitrogens with zero attached hydrogens (tertiary/aromatic N) is 9. The third-order valence-electron chi connectivity index (χ3n) is 15.8. The molecule has 7 aliphatic rings. The first-order chi connectivity index (χ1) is 34.4. The van der Waals surface area contributed by atoms with E-state index in [0.29, 0.717) is 81.5 Å². The lowest BCUT2D eigenvalue weighted by Gasteiger charge is -2.39. The highest BCUT2D eigenvalue weighted by Crippen LogP contribution is 2.44. The fraction of sp³-hybridized carbons (Fsp3) is 0.500. The van der Waals surface area contributed by atoms with Crippen LogP contribution in [0.2, 0.25) is 0 Å². The molecule has 2 aromatic heterocycles. The van der Waals surface area contributed by atoms with E-state index in [9.17, 15) is 28.8 Å². The number of halogens is 2. The van der Waals surface area contributed by atoms with E-state index in [1.54, 1.807) is 37.3 Å². The molecule has 0 radical (unpaired) electrons.